The second-order valence-corrected chi connectivity index (χ2v) is 7.74. The van der Waals surface area contributed by atoms with Gasteiger partial charge in [-0.2, -0.15) is 0 Å². The molecule has 5 nitrogen and oxygen atoms in total. The SMILES string of the molecule is COc1ccc(C2=C(N3CCCCC3)C(=O)N(c3cc(C)ccc3C)C2=O)cc1. The van der Waals surface area contributed by atoms with Gasteiger partial charge in [0, 0.05) is 13.1 Å². The van der Waals surface area contributed by atoms with Gasteiger partial charge in [-0.1, -0.05) is 24.3 Å². The molecule has 0 N–H and O–H groups in total. The largest absolute Gasteiger partial charge is 0.497 e. The first-order valence-corrected chi connectivity index (χ1v) is 10.1. The first-order chi connectivity index (χ1) is 14.0. The number of imide groups is 1. The molecule has 1 fully saturated rings. The molecule has 2 amide bonds. The van der Waals surface area contributed by atoms with Gasteiger partial charge < -0.3 is 9.64 Å². The standard InChI is InChI=1S/C24H26N2O3/c1-16-7-8-17(2)20(15-16)26-23(27)21(18-9-11-19(29-3)12-10-18)22(24(26)28)25-13-5-4-6-14-25/h7-12,15H,4-6,13-14H2,1-3H3. The Kier molecular flexibility index (Phi) is 5.14. The smallest absolute Gasteiger partial charge is 0.282 e. The zero-order chi connectivity index (χ0) is 20.5. The van der Waals surface area contributed by atoms with Crippen molar-refractivity contribution in [3.05, 3.63) is 64.9 Å². The quantitative estimate of drug-likeness (QED) is 0.738. The number of rotatable bonds is 4. The third kappa shape index (κ3) is 3.41. The van der Waals surface area contributed by atoms with Crippen LogP contribution in [0, 0.1) is 13.8 Å². The summed E-state index contributed by atoms with van der Waals surface area (Å²) < 4.78 is 5.25. The van der Waals surface area contributed by atoms with Gasteiger partial charge in [-0.05, 0) is 68.0 Å². The number of methoxy groups -OCH3 is 1. The summed E-state index contributed by atoms with van der Waals surface area (Å²) in [4.78, 5) is 30.6. The Bertz CT molecular complexity index is 986. The number of amides is 2. The third-order valence-corrected chi connectivity index (χ3v) is 5.72. The highest BCUT2D eigenvalue weighted by Gasteiger charge is 2.43. The highest BCUT2D eigenvalue weighted by molar-refractivity contribution is 6.45. The van der Waals surface area contributed by atoms with E-state index in [9.17, 15) is 9.59 Å². The predicted molar refractivity (Wildman–Crippen MR) is 114 cm³/mol. The van der Waals surface area contributed by atoms with Gasteiger partial charge in [-0.3, -0.25) is 9.59 Å². The van der Waals surface area contributed by atoms with Crippen LogP contribution in [0.5, 0.6) is 5.75 Å². The van der Waals surface area contributed by atoms with Crippen molar-refractivity contribution < 1.29 is 14.3 Å². The Balaban J connectivity index is 1.84. The molecule has 0 unspecified atom stereocenters. The van der Waals surface area contributed by atoms with Gasteiger partial charge >= 0.3 is 0 Å². The Morgan fingerprint density at radius 3 is 2.21 bits per heavy atom. The molecule has 1 saturated heterocycles. The Hall–Kier alpha value is -3.08. The van der Waals surface area contributed by atoms with Crippen LogP contribution in [0.2, 0.25) is 0 Å². The van der Waals surface area contributed by atoms with Crippen LogP contribution in [0.4, 0.5) is 5.69 Å². The zero-order valence-corrected chi connectivity index (χ0v) is 17.2. The molecule has 0 bridgehead atoms. The van der Waals surface area contributed by atoms with E-state index in [1.807, 2.05) is 56.3 Å². The van der Waals surface area contributed by atoms with Crippen molar-refractivity contribution >= 4 is 23.1 Å². The third-order valence-electron chi connectivity index (χ3n) is 5.72. The Morgan fingerprint density at radius 1 is 0.862 bits per heavy atom. The van der Waals surface area contributed by atoms with Gasteiger partial charge in [0.1, 0.15) is 11.4 Å². The van der Waals surface area contributed by atoms with Crippen molar-refractivity contribution in [3.63, 3.8) is 0 Å². The summed E-state index contributed by atoms with van der Waals surface area (Å²) in [6.07, 6.45) is 3.22. The molecule has 29 heavy (non-hydrogen) atoms. The Labute approximate surface area is 171 Å². The first kappa shape index (κ1) is 19.2. The number of hydrogen-bond donors (Lipinski definition) is 0. The lowest BCUT2D eigenvalue weighted by molar-refractivity contribution is -0.120. The molecule has 0 spiro atoms. The number of ether oxygens (including phenoxy) is 1. The highest BCUT2D eigenvalue weighted by atomic mass is 16.5. The number of likely N-dealkylation sites (tertiary alicyclic amines) is 1. The number of nitrogens with zero attached hydrogens (tertiary/aromatic N) is 2. The van der Waals surface area contributed by atoms with E-state index in [1.165, 1.54) is 4.90 Å². The molecule has 2 aromatic carbocycles. The van der Waals surface area contributed by atoms with Crippen molar-refractivity contribution in [2.45, 2.75) is 33.1 Å². The minimum Gasteiger partial charge on any atom is -0.497 e. The monoisotopic (exact) mass is 390 g/mol. The number of benzene rings is 2. The number of carbonyl (C=O) groups is 2. The van der Waals surface area contributed by atoms with Crippen LogP contribution in [0.1, 0.15) is 36.0 Å². The van der Waals surface area contributed by atoms with E-state index < -0.39 is 0 Å². The van der Waals surface area contributed by atoms with Crippen LogP contribution in [0.15, 0.2) is 48.2 Å². The van der Waals surface area contributed by atoms with Crippen molar-refractivity contribution in [2.75, 3.05) is 25.1 Å². The molecular weight excluding hydrogens is 364 g/mol. The van der Waals surface area contributed by atoms with E-state index >= 15 is 0 Å². The van der Waals surface area contributed by atoms with E-state index in [1.54, 1.807) is 7.11 Å². The molecule has 150 valence electrons. The molecule has 0 aliphatic carbocycles. The van der Waals surface area contributed by atoms with Crippen LogP contribution < -0.4 is 9.64 Å². The molecule has 4 rings (SSSR count). The lowest BCUT2D eigenvalue weighted by Gasteiger charge is -2.29. The molecule has 0 saturated carbocycles. The van der Waals surface area contributed by atoms with Crippen LogP contribution in [0.25, 0.3) is 5.57 Å². The second kappa shape index (κ2) is 7.74. The van der Waals surface area contributed by atoms with E-state index in [4.69, 9.17) is 4.74 Å². The minimum absolute atomic E-state index is 0.226. The summed E-state index contributed by atoms with van der Waals surface area (Å²) in [5, 5.41) is 0. The molecule has 0 radical (unpaired) electrons. The summed E-state index contributed by atoms with van der Waals surface area (Å²) in [7, 11) is 1.61. The minimum atomic E-state index is -0.255. The molecule has 2 aliphatic rings. The van der Waals surface area contributed by atoms with Gasteiger partial charge in [0.25, 0.3) is 11.8 Å². The van der Waals surface area contributed by atoms with Gasteiger partial charge in [-0.15, -0.1) is 0 Å². The van der Waals surface area contributed by atoms with E-state index in [-0.39, 0.29) is 11.8 Å². The van der Waals surface area contributed by atoms with E-state index in [0.717, 1.165) is 54.8 Å². The molecule has 0 atom stereocenters. The average Bonchev–Trinajstić information content (AvgIpc) is 3.00. The summed E-state index contributed by atoms with van der Waals surface area (Å²) in [5.74, 6) is 0.239. The van der Waals surface area contributed by atoms with Gasteiger partial charge in [0.2, 0.25) is 0 Å². The average molecular weight is 390 g/mol. The second-order valence-electron chi connectivity index (χ2n) is 7.74. The fraction of sp³-hybridized carbons (Fsp3) is 0.333. The summed E-state index contributed by atoms with van der Waals surface area (Å²) >= 11 is 0. The first-order valence-electron chi connectivity index (χ1n) is 10.1. The van der Waals surface area contributed by atoms with Crippen molar-refractivity contribution in [1.82, 2.24) is 4.90 Å². The molecule has 2 aliphatic heterocycles. The fourth-order valence-corrected chi connectivity index (χ4v) is 4.13. The number of carbonyl (C=O) groups excluding carboxylic acids is 2. The Morgan fingerprint density at radius 2 is 1.55 bits per heavy atom. The number of piperidine rings is 1. The molecule has 5 heteroatoms. The van der Waals surface area contributed by atoms with Crippen LogP contribution >= 0.6 is 0 Å². The lowest BCUT2D eigenvalue weighted by atomic mass is 10.0. The van der Waals surface area contributed by atoms with Gasteiger partial charge in [-0.25, -0.2) is 4.90 Å². The maximum atomic E-state index is 13.6. The van der Waals surface area contributed by atoms with Crippen LogP contribution in [-0.2, 0) is 9.59 Å². The summed E-state index contributed by atoms with van der Waals surface area (Å²) in [5.41, 5.74) is 4.35. The van der Waals surface area contributed by atoms with Gasteiger partial charge in [0.05, 0.1) is 18.4 Å². The molecule has 2 aromatic rings. The van der Waals surface area contributed by atoms with Crippen molar-refractivity contribution in [2.24, 2.45) is 0 Å². The maximum absolute atomic E-state index is 13.6. The maximum Gasteiger partial charge on any atom is 0.282 e. The van der Waals surface area contributed by atoms with Crippen molar-refractivity contribution in [3.8, 4) is 5.75 Å². The van der Waals surface area contributed by atoms with Crippen LogP contribution in [-0.4, -0.2) is 36.9 Å². The van der Waals surface area contributed by atoms with Crippen LogP contribution in [0.3, 0.4) is 0 Å². The van der Waals surface area contributed by atoms with Gasteiger partial charge in [0.15, 0.2) is 0 Å². The van der Waals surface area contributed by atoms with E-state index in [2.05, 4.69) is 4.90 Å². The van der Waals surface area contributed by atoms with Crippen molar-refractivity contribution in [1.29, 1.82) is 0 Å². The summed E-state index contributed by atoms with van der Waals surface area (Å²) in [6.45, 7) is 5.50. The highest BCUT2D eigenvalue weighted by Crippen LogP contribution is 2.37. The molecule has 2 heterocycles. The number of aryl methyl sites for hydroxylation is 2. The number of hydrogen-bond acceptors (Lipinski definition) is 4. The topological polar surface area (TPSA) is 49.9 Å². The lowest BCUT2D eigenvalue weighted by Crippen LogP contribution is -2.37. The molecule has 0 aromatic heterocycles. The predicted octanol–water partition coefficient (Wildman–Crippen LogP) is 4.08. The summed E-state index contributed by atoms with van der Waals surface area (Å²) in [6, 6.07) is 13.2. The molecular formula is C24H26N2O3. The fourth-order valence-electron chi connectivity index (χ4n) is 4.13. The zero-order valence-electron chi connectivity index (χ0n) is 17.2. The number of anilines is 1. The van der Waals surface area contributed by atoms with E-state index in [0.29, 0.717) is 17.0 Å². The normalized spacial score (nSPS) is 17.3.